The molecule has 2 fully saturated rings. The summed E-state index contributed by atoms with van der Waals surface area (Å²) >= 11 is 0. The number of anilines is 1. The van der Waals surface area contributed by atoms with E-state index in [0.29, 0.717) is 18.0 Å². The molecule has 0 spiro atoms. The molecule has 1 saturated carbocycles. The molecule has 2 amide bonds. The molecule has 3 atom stereocenters. The SMILES string of the molecule is COc1ccc([C@@]23CC[C@@H](NC(=O)Nc4ccc(F)c(F)c4)C[C@@H]2N(Cc2c(C)noc2C)CC3)cc1OC.O=C(O)C(F)(F)F. The second kappa shape index (κ2) is 13.9. The fourth-order valence-electron chi connectivity index (χ4n) is 6.30. The van der Waals surface area contributed by atoms with Gasteiger partial charge in [0.1, 0.15) is 5.76 Å². The van der Waals surface area contributed by atoms with E-state index < -0.39 is 29.8 Å². The van der Waals surface area contributed by atoms with Gasteiger partial charge in [0.15, 0.2) is 23.1 Å². The van der Waals surface area contributed by atoms with Gasteiger partial charge in [0.2, 0.25) is 0 Å². The van der Waals surface area contributed by atoms with Gasteiger partial charge in [-0.2, -0.15) is 13.2 Å². The first-order chi connectivity index (χ1) is 21.7. The Morgan fingerprint density at radius 2 is 1.76 bits per heavy atom. The normalized spacial score (nSPS) is 21.1. The number of fused-ring (bicyclic) bond motifs is 1. The predicted octanol–water partition coefficient (Wildman–Crippen LogP) is 6.11. The van der Waals surface area contributed by atoms with Gasteiger partial charge in [0.05, 0.1) is 19.9 Å². The highest BCUT2D eigenvalue weighted by molar-refractivity contribution is 5.89. The number of rotatable bonds is 7. The molecule has 3 aromatic rings. The van der Waals surface area contributed by atoms with Crippen LogP contribution in [0.5, 0.6) is 11.5 Å². The third kappa shape index (κ3) is 7.52. The van der Waals surface area contributed by atoms with Gasteiger partial charge < -0.3 is 29.7 Å². The number of amides is 2. The van der Waals surface area contributed by atoms with Crippen molar-refractivity contribution in [1.29, 1.82) is 0 Å². The Hall–Kier alpha value is -4.40. The van der Waals surface area contributed by atoms with Gasteiger partial charge in [-0.25, -0.2) is 18.4 Å². The topological polar surface area (TPSA) is 126 Å². The lowest BCUT2D eigenvalue weighted by Gasteiger charge is -2.45. The first kappa shape index (κ1) is 34.5. The van der Waals surface area contributed by atoms with Crippen LogP contribution in [0.15, 0.2) is 40.9 Å². The summed E-state index contributed by atoms with van der Waals surface area (Å²) in [6, 6.07) is 9.05. The fourth-order valence-corrected chi connectivity index (χ4v) is 6.30. The van der Waals surface area contributed by atoms with Gasteiger partial charge in [-0.05, 0) is 75.9 Å². The number of aliphatic carboxylic acids is 1. The van der Waals surface area contributed by atoms with Crippen LogP contribution < -0.4 is 20.1 Å². The van der Waals surface area contributed by atoms with E-state index in [9.17, 15) is 26.7 Å². The molecule has 3 N–H and O–H groups in total. The Labute approximate surface area is 261 Å². The van der Waals surface area contributed by atoms with Crippen LogP contribution in [0.2, 0.25) is 0 Å². The maximum absolute atomic E-state index is 13.6. The number of aryl methyl sites for hydroxylation is 2. The Balaban J connectivity index is 0.000000617. The minimum absolute atomic E-state index is 0.0983. The van der Waals surface area contributed by atoms with Crippen LogP contribution in [-0.4, -0.2) is 66.2 Å². The minimum Gasteiger partial charge on any atom is -0.493 e. The number of hydrogen-bond acceptors (Lipinski definition) is 7. The number of carboxylic acids is 1. The average Bonchev–Trinajstić information content (AvgIpc) is 3.53. The number of halogens is 5. The van der Waals surface area contributed by atoms with E-state index in [-0.39, 0.29) is 23.2 Å². The lowest BCUT2D eigenvalue weighted by molar-refractivity contribution is -0.192. The highest BCUT2D eigenvalue weighted by Crippen LogP contribution is 2.51. The van der Waals surface area contributed by atoms with E-state index in [0.717, 1.165) is 61.4 Å². The Kier molecular flexibility index (Phi) is 10.4. The van der Waals surface area contributed by atoms with Crippen molar-refractivity contribution in [3.8, 4) is 11.5 Å². The molecule has 0 radical (unpaired) electrons. The maximum atomic E-state index is 13.6. The molecule has 5 rings (SSSR count). The minimum atomic E-state index is -5.08. The average molecular weight is 655 g/mol. The summed E-state index contributed by atoms with van der Waals surface area (Å²) in [5.41, 5.74) is 3.23. The molecule has 1 aliphatic carbocycles. The number of ether oxygens (including phenoxy) is 2. The largest absolute Gasteiger partial charge is 0.493 e. The maximum Gasteiger partial charge on any atom is 0.490 e. The number of aromatic nitrogens is 1. The van der Waals surface area contributed by atoms with Crippen LogP contribution in [0.25, 0.3) is 0 Å². The number of benzene rings is 2. The van der Waals surface area contributed by atoms with Crippen molar-refractivity contribution in [2.45, 2.75) is 69.8 Å². The third-order valence-electron chi connectivity index (χ3n) is 8.63. The molecule has 1 aromatic heterocycles. The molecule has 10 nitrogen and oxygen atoms in total. The van der Waals surface area contributed by atoms with Crippen molar-refractivity contribution in [3.05, 3.63) is 70.6 Å². The van der Waals surface area contributed by atoms with Gasteiger partial charge in [-0.15, -0.1) is 0 Å². The van der Waals surface area contributed by atoms with Gasteiger partial charge in [0, 0.05) is 41.4 Å². The predicted molar refractivity (Wildman–Crippen MR) is 156 cm³/mol. The third-order valence-corrected chi connectivity index (χ3v) is 8.63. The van der Waals surface area contributed by atoms with E-state index in [4.69, 9.17) is 23.9 Å². The van der Waals surface area contributed by atoms with E-state index in [1.54, 1.807) is 14.2 Å². The van der Waals surface area contributed by atoms with E-state index in [2.05, 4.69) is 32.8 Å². The van der Waals surface area contributed by atoms with E-state index >= 15 is 0 Å². The molecule has 1 aliphatic heterocycles. The number of carbonyl (C=O) groups is 2. The molecule has 0 unspecified atom stereocenters. The molecular formula is C31H35F5N4O6. The summed E-state index contributed by atoms with van der Waals surface area (Å²) in [5.74, 6) is -2.53. The summed E-state index contributed by atoms with van der Waals surface area (Å²) in [5, 5.41) is 16.9. The van der Waals surface area contributed by atoms with Crippen molar-refractivity contribution >= 4 is 17.7 Å². The number of alkyl halides is 3. The Morgan fingerprint density at radius 3 is 2.35 bits per heavy atom. The van der Waals surface area contributed by atoms with Crippen molar-refractivity contribution < 1.29 is 50.6 Å². The number of nitrogens with zero attached hydrogens (tertiary/aromatic N) is 2. The highest BCUT2D eigenvalue weighted by Gasteiger charge is 2.52. The van der Waals surface area contributed by atoms with Crippen LogP contribution in [-0.2, 0) is 16.8 Å². The lowest BCUT2D eigenvalue weighted by Crippen LogP contribution is -2.52. The second-order valence-corrected chi connectivity index (χ2v) is 11.3. The van der Waals surface area contributed by atoms with Crippen LogP contribution in [0.4, 0.5) is 32.4 Å². The van der Waals surface area contributed by atoms with Crippen molar-refractivity contribution in [3.63, 3.8) is 0 Å². The zero-order valence-corrected chi connectivity index (χ0v) is 25.6. The monoisotopic (exact) mass is 654 g/mol. The van der Waals surface area contributed by atoms with E-state index in [1.807, 2.05) is 19.9 Å². The van der Waals surface area contributed by atoms with Crippen molar-refractivity contribution in [2.75, 3.05) is 26.1 Å². The molecule has 2 aromatic carbocycles. The number of hydrogen-bond donors (Lipinski definition) is 3. The fraction of sp³-hybridized carbons (Fsp3) is 0.452. The Morgan fingerprint density at radius 1 is 1.07 bits per heavy atom. The first-order valence-corrected chi connectivity index (χ1v) is 14.4. The Bertz CT molecular complexity index is 1550. The number of urea groups is 1. The van der Waals surface area contributed by atoms with Crippen molar-refractivity contribution in [2.24, 2.45) is 0 Å². The van der Waals surface area contributed by atoms with Gasteiger partial charge in [0.25, 0.3) is 0 Å². The number of carbonyl (C=O) groups excluding carboxylic acids is 1. The molecule has 0 bridgehead atoms. The number of nitrogens with one attached hydrogen (secondary N) is 2. The molecule has 1 saturated heterocycles. The second-order valence-electron chi connectivity index (χ2n) is 11.3. The zero-order chi connectivity index (χ0) is 33.8. The lowest BCUT2D eigenvalue weighted by atomic mass is 9.65. The summed E-state index contributed by atoms with van der Waals surface area (Å²) in [4.78, 5) is 24.2. The molecule has 15 heteroatoms. The molecule has 46 heavy (non-hydrogen) atoms. The van der Waals surface area contributed by atoms with Gasteiger partial charge in [-0.3, -0.25) is 4.90 Å². The molecule has 2 aliphatic rings. The van der Waals surface area contributed by atoms with E-state index in [1.165, 1.54) is 11.6 Å². The van der Waals surface area contributed by atoms with Gasteiger partial charge >= 0.3 is 18.2 Å². The number of carboxylic acid groups (broad SMARTS) is 1. The highest BCUT2D eigenvalue weighted by atomic mass is 19.4. The van der Waals surface area contributed by atoms with Crippen LogP contribution in [0.3, 0.4) is 0 Å². The molecule has 250 valence electrons. The van der Waals surface area contributed by atoms with Crippen LogP contribution in [0, 0.1) is 25.5 Å². The zero-order valence-electron chi connectivity index (χ0n) is 25.6. The first-order valence-electron chi connectivity index (χ1n) is 14.4. The number of likely N-dealkylation sites (tertiary alicyclic amines) is 1. The summed E-state index contributed by atoms with van der Waals surface area (Å²) in [7, 11) is 3.27. The summed E-state index contributed by atoms with van der Waals surface area (Å²) in [6.45, 7) is 5.48. The number of methoxy groups -OCH3 is 2. The molecular weight excluding hydrogens is 619 g/mol. The standard InChI is InChI=1S/C29H34F2N4O4.C2HF3O2/c1-17-22(18(2)39-34-17)16-35-12-11-29(19-5-8-25(37-3)26(13-19)38-4)10-9-21(15-27(29)35)33-28(36)32-20-6-7-23(30)24(31)14-20;3-2(4,5)1(6)7/h5-8,13-14,21,27H,9-12,15-16H2,1-4H3,(H2,32,33,36);(H,6,7)/t21-,27+,29+;/m1./s1. The molecule has 2 heterocycles. The summed E-state index contributed by atoms with van der Waals surface area (Å²) in [6.07, 6.45) is -1.76. The van der Waals surface area contributed by atoms with Crippen LogP contribution in [0.1, 0.15) is 48.3 Å². The smallest absolute Gasteiger partial charge is 0.490 e. The van der Waals surface area contributed by atoms with Crippen LogP contribution >= 0.6 is 0 Å². The van der Waals surface area contributed by atoms with Crippen molar-refractivity contribution in [1.82, 2.24) is 15.4 Å². The summed E-state index contributed by atoms with van der Waals surface area (Å²) < 4.78 is 75.2. The van der Waals surface area contributed by atoms with Gasteiger partial charge in [-0.1, -0.05) is 11.2 Å². The quantitative estimate of drug-likeness (QED) is 0.261.